The molecule has 0 aromatic rings. The van der Waals surface area contributed by atoms with Crippen molar-refractivity contribution in [2.24, 2.45) is 17.2 Å². The first-order chi connectivity index (χ1) is 14.5. The maximum absolute atomic E-state index is 10.5. The van der Waals surface area contributed by atoms with Crippen LogP contribution in [0.1, 0.15) is 19.3 Å². The second-order valence-electron chi connectivity index (χ2n) is 6.50. The van der Waals surface area contributed by atoms with E-state index in [1.54, 1.807) is 0 Å². The van der Waals surface area contributed by atoms with Gasteiger partial charge < -0.3 is 42.3 Å². The molecule has 0 aliphatic heterocycles. The molecule has 0 aliphatic carbocycles. The fraction of sp³-hybridized carbons (Fsp3) is 0.769. The van der Waals surface area contributed by atoms with Crippen LogP contribution >= 0.6 is 7.60 Å². The van der Waals surface area contributed by atoms with Crippen molar-refractivity contribution in [3.63, 3.8) is 0 Å². The average Bonchev–Trinajstić information content (AvgIpc) is 2.60. The lowest BCUT2D eigenvalue weighted by Crippen LogP contribution is -2.32. The van der Waals surface area contributed by atoms with Gasteiger partial charge in [-0.15, -0.1) is 0 Å². The van der Waals surface area contributed by atoms with Crippen molar-refractivity contribution in [3.05, 3.63) is 0 Å². The summed E-state index contributed by atoms with van der Waals surface area (Å²) < 4.78 is 59.5. The predicted molar refractivity (Wildman–Crippen MR) is 114 cm³/mol. The molecule has 0 bridgehead atoms. The Balaban J connectivity index is -0.000000409. The molecule has 3 unspecified atom stereocenters. The van der Waals surface area contributed by atoms with Gasteiger partial charge in [0.1, 0.15) is 28.0 Å². The summed E-state index contributed by atoms with van der Waals surface area (Å²) in [6, 6.07) is -3.51. The SMILES string of the molecule is CS(=O)(=O)CCC(N)C(=O)O.NC(CCP(=O)(O)O)C(=O)O.NC(CCS(=O)(=O)O)C(=O)O. The van der Waals surface area contributed by atoms with E-state index in [0.29, 0.717) is 0 Å². The van der Waals surface area contributed by atoms with Gasteiger partial charge in [-0.2, -0.15) is 8.42 Å². The zero-order chi connectivity index (χ0) is 27.2. The van der Waals surface area contributed by atoms with Crippen LogP contribution in [0.5, 0.6) is 0 Å². The molecule has 12 N–H and O–H groups in total. The molecule has 0 aliphatic rings. The summed E-state index contributed by atoms with van der Waals surface area (Å²) in [6.45, 7) is 0. The van der Waals surface area contributed by atoms with Gasteiger partial charge in [-0.1, -0.05) is 0 Å². The molecule has 20 heteroatoms. The van der Waals surface area contributed by atoms with Gasteiger partial charge in [0.25, 0.3) is 10.1 Å². The third-order valence-electron chi connectivity index (χ3n) is 3.17. The van der Waals surface area contributed by atoms with E-state index in [0.717, 1.165) is 6.26 Å². The molecule has 0 fully saturated rings. The highest BCUT2D eigenvalue weighted by atomic mass is 32.2. The molecule has 3 atom stereocenters. The molecular formula is C13H30N3O14PS2. The van der Waals surface area contributed by atoms with Gasteiger partial charge in [0.2, 0.25) is 0 Å². The van der Waals surface area contributed by atoms with Crippen LogP contribution in [0.2, 0.25) is 0 Å². The van der Waals surface area contributed by atoms with E-state index in [1.165, 1.54) is 0 Å². The van der Waals surface area contributed by atoms with Gasteiger partial charge in [0.15, 0.2) is 0 Å². The molecule has 0 aromatic carbocycles. The largest absolute Gasteiger partial charge is 0.480 e. The number of carboxylic acid groups (broad SMARTS) is 3. The van der Waals surface area contributed by atoms with Crippen LogP contribution < -0.4 is 17.2 Å². The van der Waals surface area contributed by atoms with Crippen LogP contribution in [0.3, 0.4) is 0 Å². The van der Waals surface area contributed by atoms with Crippen molar-refractivity contribution in [1.29, 1.82) is 0 Å². The summed E-state index contributed by atoms with van der Waals surface area (Å²) in [5, 5.41) is 24.6. The fourth-order valence-corrected chi connectivity index (χ4v) is 3.14. The lowest BCUT2D eigenvalue weighted by Gasteiger charge is -2.06. The van der Waals surface area contributed by atoms with Crippen molar-refractivity contribution in [3.8, 4) is 0 Å². The van der Waals surface area contributed by atoms with Crippen LogP contribution in [0.4, 0.5) is 0 Å². The maximum Gasteiger partial charge on any atom is 0.325 e. The first-order valence-corrected chi connectivity index (χ1v) is 14.1. The van der Waals surface area contributed by atoms with Gasteiger partial charge >= 0.3 is 25.5 Å². The van der Waals surface area contributed by atoms with E-state index < -0.39 is 75.5 Å². The molecule has 0 amide bonds. The van der Waals surface area contributed by atoms with E-state index in [2.05, 4.69) is 0 Å². The van der Waals surface area contributed by atoms with Gasteiger partial charge in [0.05, 0.1) is 17.7 Å². The first-order valence-electron chi connectivity index (χ1n) is 8.61. The minimum absolute atomic E-state index is 0.0336. The third-order valence-corrected chi connectivity index (χ3v) is 5.74. The van der Waals surface area contributed by atoms with E-state index >= 15 is 0 Å². The van der Waals surface area contributed by atoms with Crippen molar-refractivity contribution in [2.75, 3.05) is 23.9 Å². The Morgan fingerprint density at radius 3 is 1.30 bits per heavy atom. The number of carbonyl (C=O) groups is 3. The zero-order valence-corrected chi connectivity index (χ0v) is 19.9. The monoisotopic (exact) mass is 547 g/mol. The standard InChI is InChI=1S/C5H11NO4S.C4H10NO5P.C4H9NO5S/c1-11(9,10)3-2-4(6)5(7)8;2*5-3(4(6)7)1-2-11(8,9)10/h4H,2-3,6H2,1H3,(H,7,8);3H,1-2,5H2,(H,6,7)(H2,8,9,10);3H,1-2,5H2,(H,6,7)(H,8,9,10). The smallest absolute Gasteiger partial charge is 0.325 e. The van der Waals surface area contributed by atoms with Crippen LogP contribution in [-0.4, -0.2) is 106 Å². The maximum atomic E-state index is 10.5. The Labute approximate surface area is 189 Å². The Bertz CT molecular complexity index is 834. The predicted octanol–water partition coefficient (Wildman–Crippen LogP) is -3.52. The molecule has 33 heavy (non-hydrogen) atoms. The second-order valence-corrected chi connectivity index (χ2v) is 12.1. The van der Waals surface area contributed by atoms with Gasteiger partial charge in [-0.25, -0.2) is 8.42 Å². The van der Waals surface area contributed by atoms with Crippen molar-refractivity contribution >= 4 is 45.5 Å². The summed E-state index contributed by atoms with van der Waals surface area (Å²) in [6.07, 6.45) is 0.0317. The summed E-state index contributed by atoms with van der Waals surface area (Å²) in [5.41, 5.74) is 15.0. The highest BCUT2D eigenvalue weighted by Gasteiger charge is 2.19. The van der Waals surface area contributed by atoms with Crippen LogP contribution in [0.15, 0.2) is 0 Å². The Kier molecular flexibility index (Phi) is 17.4. The molecule has 0 rings (SSSR count). The number of hydrogen-bond donors (Lipinski definition) is 9. The number of sulfone groups is 1. The number of aliphatic carboxylic acids is 3. The van der Waals surface area contributed by atoms with E-state index in [9.17, 15) is 35.8 Å². The average molecular weight is 547 g/mol. The highest BCUT2D eigenvalue weighted by molar-refractivity contribution is 7.90. The molecule has 0 saturated heterocycles. The number of hydrogen-bond acceptors (Lipinski definition) is 11. The van der Waals surface area contributed by atoms with E-state index in [1.807, 2.05) is 0 Å². The summed E-state index contributed by atoms with van der Waals surface area (Å²) in [4.78, 5) is 46.8. The van der Waals surface area contributed by atoms with Crippen molar-refractivity contribution in [2.45, 2.75) is 37.4 Å². The molecular weight excluding hydrogens is 517 g/mol. The van der Waals surface area contributed by atoms with Crippen LogP contribution in [0, 0.1) is 0 Å². The summed E-state index contributed by atoms with van der Waals surface area (Å²) in [7, 11) is -11.3. The molecule has 0 heterocycles. The second kappa shape index (κ2) is 16.0. The Hall–Kier alpha value is -1.70. The van der Waals surface area contributed by atoms with Crippen LogP contribution in [0.25, 0.3) is 0 Å². The Morgan fingerprint density at radius 1 is 0.758 bits per heavy atom. The lowest BCUT2D eigenvalue weighted by atomic mass is 10.2. The zero-order valence-electron chi connectivity index (χ0n) is 17.4. The van der Waals surface area contributed by atoms with Gasteiger partial charge in [0, 0.05) is 6.26 Å². The number of carboxylic acids is 3. The summed E-state index contributed by atoms with van der Waals surface area (Å²) >= 11 is 0. The molecule has 0 radical (unpaired) electrons. The summed E-state index contributed by atoms with van der Waals surface area (Å²) in [5.74, 6) is -4.51. The quantitative estimate of drug-likeness (QED) is 0.0843. The minimum atomic E-state index is -4.10. The molecule has 0 saturated carbocycles. The van der Waals surface area contributed by atoms with E-state index in [4.69, 9.17) is 46.9 Å². The lowest BCUT2D eigenvalue weighted by molar-refractivity contribution is -0.139. The number of rotatable bonds is 12. The minimum Gasteiger partial charge on any atom is -0.480 e. The van der Waals surface area contributed by atoms with Crippen LogP contribution in [-0.2, 0) is 38.9 Å². The van der Waals surface area contributed by atoms with Crippen molar-refractivity contribution in [1.82, 2.24) is 0 Å². The van der Waals surface area contributed by atoms with Gasteiger partial charge in [-0.05, 0) is 19.3 Å². The van der Waals surface area contributed by atoms with E-state index in [-0.39, 0.29) is 25.0 Å². The normalized spacial score (nSPS) is 14.4. The Morgan fingerprint density at radius 2 is 1.06 bits per heavy atom. The molecule has 0 spiro atoms. The molecule has 198 valence electrons. The fourth-order valence-electron chi connectivity index (χ4n) is 1.29. The highest BCUT2D eigenvalue weighted by Crippen LogP contribution is 2.35. The third kappa shape index (κ3) is 30.3. The molecule has 0 aromatic heterocycles. The van der Waals surface area contributed by atoms with Crippen molar-refractivity contribution < 1.29 is 65.4 Å². The molecule has 17 nitrogen and oxygen atoms in total. The first kappa shape index (κ1) is 35.9. The van der Waals surface area contributed by atoms with Gasteiger partial charge in [-0.3, -0.25) is 23.5 Å². The number of nitrogens with two attached hydrogens (primary N) is 3. The topological polar surface area (TPSA) is 336 Å².